The zero-order valence-electron chi connectivity index (χ0n) is 9.53. The SMILES string of the molecule is C=NC(=C)c1ccc(N(CC)CC)cc1. The van der Waals surface area contributed by atoms with Crippen LogP contribution >= 0.6 is 0 Å². The normalized spacial score (nSPS) is 9.73. The molecule has 0 amide bonds. The van der Waals surface area contributed by atoms with Crippen molar-refractivity contribution in [1.82, 2.24) is 0 Å². The number of rotatable bonds is 5. The Balaban J connectivity index is 2.88. The van der Waals surface area contributed by atoms with Crippen molar-refractivity contribution in [3.63, 3.8) is 0 Å². The molecule has 0 radical (unpaired) electrons. The maximum Gasteiger partial charge on any atom is 0.0622 e. The summed E-state index contributed by atoms with van der Waals surface area (Å²) in [5, 5.41) is 0. The van der Waals surface area contributed by atoms with E-state index in [1.807, 2.05) is 12.1 Å². The molecule has 0 heterocycles. The molecule has 0 aliphatic carbocycles. The highest BCUT2D eigenvalue weighted by molar-refractivity contribution is 5.67. The standard InChI is InChI=1S/C13H18N2/c1-5-15(6-2)13-9-7-12(8-10-13)11(3)14-4/h7-10H,3-6H2,1-2H3. The largest absolute Gasteiger partial charge is 0.372 e. The minimum Gasteiger partial charge on any atom is -0.372 e. The summed E-state index contributed by atoms with van der Waals surface area (Å²) in [6, 6.07) is 8.26. The van der Waals surface area contributed by atoms with Gasteiger partial charge in [-0.05, 0) is 38.3 Å². The van der Waals surface area contributed by atoms with Gasteiger partial charge in [0.05, 0.1) is 5.70 Å². The lowest BCUT2D eigenvalue weighted by molar-refractivity contribution is 0.866. The predicted molar refractivity (Wildman–Crippen MR) is 68.6 cm³/mol. The maximum absolute atomic E-state index is 3.82. The fourth-order valence-corrected chi connectivity index (χ4v) is 1.54. The van der Waals surface area contributed by atoms with Crippen LogP contribution in [0.15, 0.2) is 35.8 Å². The zero-order chi connectivity index (χ0) is 11.3. The summed E-state index contributed by atoms with van der Waals surface area (Å²) < 4.78 is 0. The lowest BCUT2D eigenvalue weighted by Crippen LogP contribution is -2.21. The molecule has 1 aromatic carbocycles. The first-order valence-corrected chi connectivity index (χ1v) is 5.24. The number of benzene rings is 1. The van der Waals surface area contributed by atoms with E-state index in [4.69, 9.17) is 0 Å². The molecular weight excluding hydrogens is 184 g/mol. The van der Waals surface area contributed by atoms with Gasteiger partial charge in [0.2, 0.25) is 0 Å². The Labute approximate surface area is 92.0 Å². The molecule has 80 valence electrons. The molecule has 0 bridgehead atoms. The van der Waals surface area contributed by atoms with Gasteiger partial charge >= 0.3 is 0 Å². The lowest BCUT2D eigenvalue weighted by Gasteiger charge is -2.21. The van der Waals surface area contributed by atoms with E-state index in [2.05, 4.69) is 49.2 Å². The molecule has 2 heteroatoms. The molecule has 1 rings (SSSR count). The van der Waals surface area contributed by atoms with Crippen molar-refractivity contribution >= 4 is 18.1 Å². The maximum atomic E-state index is 3.82. The van der Waals surface area contributed by atoms with E-state index in [9.17, 15) is 0 Å². The number of hydrogen-bond donors (Lipinski definition) is 0. The second kappa shape index (κ2) is 5.35. The van der Waals surface area contributed by atoms with Gasteiger partial charge < -0.3 is 4.90 Å². The van der Waals surface area contributed by atoms with E-state index in [-0.39, 0.29) is 0 Å². The van der Waals surface area contributed by atoms with Crippen molar-refractivity contribution in [1.29, 1.82) is 0 Å². The summed E-state index contributed by atoms with van der Waals surface area (Å²) >= 11 is 0. The van der Waals surface area contributed by atoms with E-state index in [0.717, 1.165) is 24.4 Å². The molecule has 0 N–H and O–H groups in total. The van der Waals surface area contributed by atoms with Gasteiger partial charge in [0.1, 0.15) is 0 Å². The first-order valence-electron chi connectivity index (χ1n) is 5.24. The fourth-order valence-electron chi connectivity index (χ4n) is 1.54. The Morgan fingerprint density at radius 1 is 1.20 bits per heavy atom. The van der Waals surface area contributed by atoms with Crippen molar-refractivity contribution in [3.05, 3.63) is 36.4 Å². The third-order valence-electron chi connectivity index (χ3n) is 2.52. The van der Waals surface area contributed by atoms with Crippen molar-refractivity contribution in [2.75, 3.05) is 18.0 Å². The molecule has 0 atom stereocenters. The summed E-state index contributed by atoms with van der Waals surface area (Å²) in [5.41, 5.74) is 2.99. The van der Waals surface area contributed by atoms with Crippen LogP contribution in [-0.4, -0.2) is 19.8 Å². The lowest BCUT2D eigenvalue weighted by atomic mass is 10.1. The van der Waals surface area contributed by atoms with Gasteiger partial charge in [-0.1, -0.05) is 18.7 Å². The molecule has 0 saturated carbocycles. The molecule has 2 nitrogen and oxygen atoms in total. The third kappa shape index (κ3) is 2.69. The second-order valence-electron chi connectivity index (χ2n) is 3.32. The molecule has 0 spiro atoms. The van der Waals surface area contributed by atoms with Gasteiger partial charge in [0.25, 0.3) is 0 Å². The molecular formula is C13H18N2. The van der Waals surface area contributed by atoms with Crippen LogP contribution < -0.4 is 4.90 Å². The Kier molecular flexibility index (Phi) is 4.10. The molecule has 0 aliphatic rings. The summed E-state index contributed by atoms with van der Waals surface area (Å²) in [4.78, 5) is 6.11. The molecule has 1 aromatic rings. The first-order chi connectivity index (χ1) is 7.22. The fraction of sp³-hybridized carbons (Fsp3) is 0.308. The van der Waals surface area contributed by atoms with Crippen molar-refractivity contribution in [2.45, 2.75) is 13.8 Å². The van der Waals surface area contributed by atoms with Gasteiger partial charge in [-0.2, -0.15) is 0 Å². The number of nitrogens with zero attached hydrogens (tertiary/aromatic N) is 2. The van der Waals surface area contributed by atoms with E-state index < -0.39 is 0 Å². The van der Waals surface area contributed by atoms with Crippen molar-refractivity contribution < 1.29 is 0 Å². The molecule has 15 heavy (non-hydrogen) atoms. The molecule has 0 fully saturated rings. The van der Waals surface area contributed by atoms with Crippen LogP contribution in [0.3, 0.4) is 0 Å². The van der Waals surface area contributed by atoms with E-state index in [1.54, 1.807) is 0 Å². The van der Waals surface area contributed by atoms with Crippen LogP contribution in [0.2, 0.25) is 0 Å². The zero-order valence-corrected chi connectivity index (χ0v) is 9.53. The van der Waals surface area contributed by atoms with Crippen molar-refractivity contribution in [2.24, 2.45) is 4.99 Å². The number of hydrogen-bond acceptors (Lipinski definition) is 2. The number of anilines is 1. The highest BCUT2D eigenvalue weighted by Gasteiger charge is 2.01. The van der Waals surface area contributed by atoms with E-state index >= 15 is 0 Å². The smallest absolute Gasteiger partial charge is 0.0622 e. The van der Waals surface area contributed by atoms with Crippen molar-refractivity contribution in [3.8, 4) is 0 Å². The van der Waals surface area contributed by atoms with Gasteiger partial charge in [-0.15, -0.1) is 0 Å². The summed E-state index contributed by atoms with van der Waals surface area (Å²) in [6.45, 7) is 13.6. The monoisotopic (exact) mass is 202 g/mol. The minimum absolute atomic E-state index is 0.723. The molecule has 0 aliphatic heterocycles. The molecule has 0 aromatic heterocycles. The van der Waals surface area contributed by atoms with Gasteiger partial charge in [0, 0.05) is 18.8 Å². The Morgan fingerprint density at radius 2 is 1.73 bits per heavy atom. The Hall–Kier alpha value is -1.57. The van der Waals surface area contributed by atoms with E-state index in [0.29, 0.717) is 0 Å². The summed E-state index contributed by atoms with van der Waals surface area (Å²) in [6.07, 6.45) is 0. The third-order valence-corrected chi connectivity index (χ3v) is 2.52. The van der Waals surface area contributed by atoms with Gasteiger partial charge in [0.15, 0.2) is 0 Å². The average molecular weight is 202 g/mol. The predicted octanol–water partition coefficient (Wildman–Crippen LogP) is 3.20. The van der Waals surface area contributed by atoms with Crippen LogP contribution in [0.25, 0.3) is 5.70 Å². The van der Waals surface area contributed by atoms with Crippen LogP contribution in [0, 0.1) is 0 Å². The highest BCUT2D eigenvalue weighted by Crippen LogP contribution is 2.19. The van der Waals surface area contributed by atoms with Crippen LogP contribution in [0.4, 0.5) is 5.69 Å². The number of aliphatic imine (C=N–C) groups is 1. The molecule has 0 saturated heterocycles. The quantitative estimate of drug-likeness (QED) is 0.669. The Bertz CT molecular complexity index is 334. The topological polar surface area (TPSA) is 15.6 Å². The summed E-state index contributed by atoms with van der Waals surface area (Å²) in [5.74, 6) is 0. The minimum atomic E-state index is 0.723. The van der Waals surface area contributed by atoms with E-state index in [1.165, 1.54) is 5.69 Å². The first kappa shape index (κ1) is 11.5. The highest BCUT2D eigenvalue weighted by atomic mass is 15.1. The van der Waals surface area contributed by atoms with Crippen LogP contribution in [-0.2, 0) is 0 Å². The van der Waals surface area contributed by atoms with Gasteiger partial charge in [-0.25, -0.2) is 0 Å². The average Bonchev–Trinajstić information content (AvgIpc) is 2.30. The summed E-state index contributed by atoms with van der Waals surface area (Å²) in [7, 11) is 0. The van der Waals surface area contributed by atoms with Crippen LogP contribution in [0.5, 0.6) is 0 Å². The van der Waals surface area contributed by atoms with Crippen LogP contribution in [0.1, 0.15) is 19.4 Å². The second-order valence-corrected chi connectivity index (χ2v) is 3.32. The molecule has 0 unspecified atom stereocenters. The Morgan fingerprint density at radius 3 is 2.13 bits per heavy atom. The van der Waals surface area contributed by atoms with Gasteiger partial charge in [-0.3, -0.25) is 4.99 Å².